The standard InChI is InChI=1S/C36H37BrN4O7/c1-44-35-34(46-24-26-19-20-30(23-31(26)41(42)43)45-22-12-11-21-37)33(39-40-38)32(48-35)25-47-36(27-13-5-2-6-14-27,28-15-7-3-8-16-28)29-17-9-4-10-18-29/h2-10,13-20,23,32-35H,11-12,21-22,24-25H2,1H3/t32-,33-,34-,35-/m1/s1. The molecule has 1 aliphatic rings. The molecule has 1 aliphatic heterocycles. The molecule has 0 aliphatic carbocycles. The molecule has 0 saturated carbocycles. The Hall–Kier alpha value is -4.29. The first-order valence-electron chi connectivity index (χ1n) is 15.6. The lowest BCUT2D eigenvalue weighted by Gasteiger charge is -2.37. The van der Waals surface area contributed by atoms with Crippen molar-refractivity contribution < 1.29 is 28.6 Å². The number of benzene rings is 4. The third-order valence-corrected chi connectivity index (χ3v) is 8.76. The van der Waals surface area contributed by atoms with E-state index in [1.807, 2.05) is 91.0 Å². The minimum absolute atomic E-state index is 0.00332. The average molecular weight is 718 g/mol. The molecule has 0 aromatic heterocycles. The molecule has 11 nitrogen and oxygen atoms in total. The van der Waals surface area contributed by atoms with Crippen LogP contribution in [0.2, 0.25) is 0 Å². The summed E-state index contributed by atoms with van der Waals surface area (Å²) in [6.07, 6.45) is -0.818. The van der Waals surface area contributed by atoms with Crippen LogP contribution in [0, 0.1) is 10.1 Å². The molecule has 5 rings (SSSR count). The van der Waals surface area contributed by atoms with E-state index in [2.05, 4.69) is 26.0 Å². The van der Waals surface area contributed by atoms with Crippen molar-refractivity contribution in [3.8, 4) is 5.75 Å². The number of methoxy groups -OCH3 is 1. The smallest absolute Gasteiger partial charge is 0.278 e. The van der Waals surface area contributed by atoms with E-state index >= 15 is 0 Å². The van der Waals surface area contributed by atoms with E-state index in [0.29, 0.717) is 17.9 Å². The lowest BCUT2D eigenvalue weighted by Crippen LogP contribution is -2.39. The molecule has 250 valence electrons. The van der Waals surface area contributed by atoms with Gasteiger partial charge in [-0.25, -0.2) is 0 Å². The Morgan fingerprint density at radius 3 is 2.06 bits per heavy atom. The molecule has 1 fully saturated rings. The average Bonchev–Trinajstić information content (AvgIpc) is 3.47. The molecule has 1 saturated heterocycles. The van der Waals surface area contributed by atoms with Crippen molar-refractivity contribution in [2.24, 2.45) is 5.11 Å². The fraction of sp³-hybridized carbons (Fsp3) is 0.333. The van der Waals surface area contributed by atoms with Crippen molar-refractivity contribution in [2.75, 3.05) is 25.7 Å². The molecule has 0 bridgehead atoms. The Morgan fingerprint density at radius 1 is 0.938 bits per heavy atom. The number of nitro benzene ring substituents is 1. The van der Waals surface area contributed by atoms with Gasteiger partial charge in [-0.1, -0.05) is 112 Å². The maximum atomic E-state index is 12.0. The van der Waals surface area contributed by atoms with Gasteiger partial charge in [-0.3, -0.25) is 10.1 Å². The van der Waals surface area contributed by atoms with Crippen LogP contribution in [-0.2, 0) is 31.2 Å². The second kappa shape index (κ2) is 17.2. The van der Waals surface area contributed by atoms with Crippen molar-refractivity contribution >= 4 is 21.6 Å². The number of halogens is 1. The summed E-state index contributed by atoms with van der Waals surface area (Å²) in [6.45, 7) is 0.301. The molecule has 12 heteroatoms. The lowest BCUT2D eigenvalue weighted by atomic mass is 9.80. The molecule has 48 heavy (non-hydrogen) atoms. The first kappa shape index (κ1) is 35.0. The molecule has 0 radical (unpaired) electrons. The van der Waals surface area contributed by atoms with Crippen LogP contribution in [0.25, 0.3) is 10.4 Å². The monoisotopic (exact) mass is 716 g/mol. The number of nitrogens with zero attached hydrogens (tertiary/aromatic N) is 4. The van der Waals surface area contributed by atoms with Crippen LogP contribution in [0.15, 0.2) is 114 Å². The normalized spacial score (nSPS) is 19.0. The van der Waals surface area contributed by atoms with Gasteiger partial charge in [0.25, 0.3) is 5.69 Å². The Bertz CT molecular complexity index is 1560. The zero-order valence-corrected chi connectivity index (χ0v) is 28.1. The summed E-state index contributed by atoms with van der Waals surface area (Å²) in [5.74, 6) is 0.405. The van der Waals surface area contributed by atoms with E-state index in [0.717, 1.165) is 34.9 Å². The molecule has 4 aromatic carbocycles. The topological polar surface area (TPSA) is 138 Å². The van der Waals surface area contributed by atoms with Crippen LogP contribution in [0.3, 0.4) is 0 Å². The third kappa shape index (κ3) is 8.04. The van der Waals surface area contributed by atoms with Gasteiger partial charge in [-0.15, -0.1) is 0 Å². The molecular formula is C36H37BrN4O7. The van der Waals surface area contributed by atoms with Gasteiger partial charge in [-0.05, 0) is 47.2 Å². The highest BCUT2D eigenvalue weighted by Gasteiger charge is 2.48. The van der Waals surface area contributed by atoms with Crippen LogP contribution in [-0.4, -0.2) is 55.1 Å². The number of hydrogen-bond donors (Lipinski definition) is 0. The van der Waals surface area contributed by atoms with E-state index < -0.39 is 35.1 Å². The van der Waals surface area contributed by atoms with Gasteiger partial charge in [0, 0.05) is 17.4 Å². The predicted octanol–water partition coefficient (Wildman–Crippen LogP) is 8.09. The molecular weight excluding hydrogens is 680 g/mol. The molecule has 4 aromatic rings. The molecule has 0 N–H and O–H groups in total. The SMILES string of the molecule is CO[C@@H]1O[C@H](COC(c2ccccc2)(c2ccccc2)c2ccccc2)[C@@H](N=[N+]=[N-])[C@H]1OCc1ccc(OCCCCBr)cc1[N+](=O)[O-]. The minimum Gasteiger partial charge on any atom is -0.493 e. The zero-order valence-electron chi connectivity index (χ0n) is 26.5. The maximum Gasteiger partial charge on any atom is 0.278 e. The fourth-order valence-corrected chi connectivity index (χ4v) is 6.28. The van der Waals surface area contributed by atoms with Gasteiger partial charge in [0.15, 0.2) is 6.29 Å². The van der Waals surface area contributed by atoms with Crippen molar-refractivity contribution in [2.45, 2.75) is 49.6 Å². The van der Waals surface area contributed by atoms with Crippen molar-refractivity contribution in [3.05, 3.63) is 152 Å². The van der Waals surface area contributed by atoms with Gasteiger partial charge < -0.3 is 23.7 Å². The summed E-state index contributed by atoms with van der Waals surface area (Å²) >= 11 is 3.38. The lowest BCUT2D eigenvalue weighted by molar-refractivity contribution is -0.386. The predicted molar refractivity (Wildman–Crippen MR) is 184 cm³/mol. The summed E-state index contributed by atoms with van der Waals surface area (Å²) in [5.41, 5.74) is 11.4. The maximum absolute atomic E-state index is 12.0. The summed E-state index contributed by atoms with van der Waals surface area (Å²) in [5, 5.41) is 16.9. The van der Waals surface area contributed by atoms with Crippen molar-refractivity contribution in [1.29, 1.82) is 0 Å². The van der Waals surface area contributed by atoms with E-state index in [1.54, 1.807) is 12.1 Å². The second-order valence-electron chi connectivity index (χ2n) is 11.1. The number of alkyl halides is 1. The Morgan fingerprint density at radius 2 is 1.54 bits per heavy atom. The first-order chi connectivity index (χ1) is 23.5. The molecule has 1 heterocycles. The van der Waals surface area contributed by atoms with E-state index in [4.69, 9.17) is 23.7 Å². The molecule has 0 spiro atoms. The summed E-state index contributed by atoms with van der Waals surface area (Å²) in [7, 11) is 1.46. The summed E-state index contributed by atoms with van der Waals surface area (Å²) < 4.78 is 30.7. The highest BCUT2D eigenvalue weighted by atomic mass is 79.9. The van der Waals surface area contributed by atoms with Crippen molar-refractivity contribution in [3.63, 3.8) is 0 Å². The van der Waals surface area contributed by atoms with E-state index in [9.17, 15) is 15.6 Å². The molecule has 0 unspecified atom stereocenters. The van der Waals surface area contributed by atoms with Crippen LogP contribution in [0.1, 0.15) is 35.1 Å². The second-order valence-corrected chi connectivity index (χ2v) is 11.9. The highest BCUT2D eigenvalue weighted by Crippen LogP contribution is 2.41. The van der Waals surface area contributed by atoms with E-state index in [-0.39, 0.29) is 18.9 Å². The van der Waals surface area contributed by atoms with Crippen LogP contribution in [0.4, 0.5) is 5.69 Å². The van der Waals surface area contributed by atoms with Gasteiger partial charge in [0.2, 0.25) is 0 Å². The van der Waals surface area contributed by atoms with Crippen LogP contribution >= 0.6 is 15.9 Å². The zero-order chi connectivity index (χ0) is 33.8. The first-order valence-corrected chi connectivity index (χ1v) is 16.7. The number of unbranched alkanes of at least 4 members (excludes halogenated alkanes) is 1. The van der Waals surface area contributed by atoms with Crippen molar-refractivity contribution in [1.82, 2.24) is 0 Å². The molecule has 0 amide bonds. The Kier molecular flexibility index (Phi) is 12.6. The quantitative estimate of drug-likeness (QED) is 0.0157. The van der Waals surface area contributed by atoms with Crippen LogP contribution < -0.4 is 4.74 Å². The van der Waals surface area contributed by atoms with Gasteiger partial charge >= 0.3 is 0 Å². The number of ether oxygens (including phenoxy) is 5. The Balaban J connectivity index is 1.40. The number of azide groups is 1. The Labute approximate surface area is 287 Å². The fourth-order valence-electron chi connectivity index (χ4n) is 5.88. The number of rotatable bonds is 17. The minimum atomic E-state index is -1.03. The largest absolute Gasteiger partial charge is 0.493 e. The van der Waals surface area contributed by atoms with Gasteiger partial charge in [0.05, 0.1) is 48.5 Å². The number of nitro groups is 1. The molecule has 4 atom stereocenters. The summed E-state index contributed by atoms with van der Waals surface area (Å²) in [4.78, 5) is 14.6. The third-order valence-electron chi connectivity index (χ3n) is 8.20. The summed E-state index contributed by atoms with van der Waals surface area (Å²) in [6, 6.07) is 33.5. The highest BCUT2D eigenvalue weighted by molar-refractivity contribution is 9.09. The van der Waals surface area contributed by atoms with Gasteiger partial charge in [0.1, 0.15) is 17.5 Å². The van der Waals surface area contributed by atoms with Crippen LogP contribution in [0.5, 0.6) is 5.75 Å². The van der Waals surface area contributed by atoms with E-state index in [1.165, 1.54) is 13.2 Å². The number of hydrogen-bond acceptors (Lipinski definition) is 8. The van der Waals surface area contributed by atoms with Gasteiger partial charge in [-0.2, -0.15) is 0 Å².